The van der Waals surface area contributed by atoms with Crippen molar-refractivity contribution in [2.24, 2.45) is 16.8 Å². The van der Waals surface area contributed by atoms with Gasteiger partial charge in [0, 0.05) is 29.2 Å². The van der Waals surface area contributed by atoms with E-state index in [-0.39, 0.29) is 10.1 Å². The first-order valence-corrected chi connectivity index (χ1v) is 10.6. The van der Waals surface area contributed by atoms with Crippen LogP contribution in [0.15, 0.2) is 64.8 Å². The van der Waals surface area contributed by atoms with E-state index in [1.54, 1.807) is 6.07 Å². The molecule has 2 atom stereocenters. The Morgan fingerprint density at radius 3 is 3.00 bits per heavy atom. The molecule has 2 aliphatic carbocycles. The summed E-state index contributed by atoms with van der Waals surface area (Å²) < 4.78 is 13.3. The molecular formula is C25H34FNO. The maximum atomic E-state index is 13.3. The maximum Gasteiger partial charge on any atom is 0.133 e. The number of benzene rings is 1. The summed E-state index contributed by atoms with van der Waals surface area (Å²) in [5, 5.41) is 0. The Kier molecular flexibility index (Phi) is 5.99. The highest BCUT2D eigenvalue weighted by Crippen LogP contribution is 2.37. The molecule has 0 amide bonds. The van der Waals surface area contributed by atoms with Gasteiger partial charge in [0.1, 0.15) is 11.6 Å². The maximum absolute atomic E-state index is 13.3. The molecule has 3 aliphatic rings. The number of hydrogen-bond acceptors (Lipinski definition) is 2. The zero-order valence-electron chi connectivity index (χ0n) is 16.4. The summed E-state index contributed by atoms with van der Waals surface area (Å²) in [6.45, 7) is 0. The van der Waals surface area contributed by atoms with E-state index in [1.165, 1.54) is 41.8 Å². The van der Waals surface area contributed by atoms with Crippen molar-refractivity contribution in [2.75, 3.05) is 0 Å². The van der Waals surface area contributed by atoms with Crippen molar-refractivity contribution >= 4 is 11.5 Å². The van der Waals surface area contributed by atoms with Crippen LogP contribution in [0, 0.1) is 17.7 Å². The molecule has 0 N–H and O–H groups in total. The number of nitrogens with zero attached hydrogens (tertiary/aromatic N) is 1. The lowest BCUT2D eigenvalue weighted by Crippen LogP contribution is -2.25. The van der Waals surface area contributed by atoms with Crippen LogP contribution in [0.5, 0.6) is 0 Å². The molecule has 152 valence electrons. The molecule has 0 saturated heterocycles. The first kappa shape index (κ1) is 19.0. The number of aryl methyl sites for hydroxylation is 1. The minimum atomic E-state index is -0.229. The van der Waals surface area contributed by atoms with Gasteiger partial charge in [-0.3, -0.25) is 9.79 Å². The predicted molar refractivity (Wildman–Crippen MR) is 118 cm³/mol. The zero-order valence-corrected chi connectivity index (χ0v) is 16.4. The Morgan fingerprint density at radius 1 is 1.21 bits per heavy atom. The van der Waals surface area contributed by atoms with Crippen molar-refractivity contribution < 1.29 is 13.5 Å². The molecule has 1 fully saturated rings. The Morgan fingerprint density at radius 2 is 2.11 bits per heavy atom. The number of carbonyl (C=O) groups is 1. The Labute approximate surface area is 171 Å². The number of ketones is 1. The first-order chi connectivity index (χ1) is 13.7. The monoisotopic (exact) mass is 383 g/mol. The summed E-state index contributed by atoms with van der Waals surface area (Å²) >= 11 is 0. The molecule has 2 nitrogen and oxygen atoms in total. The molecule has 0 radical (unpaired) electrons. The van der Waals surface area contributed by atoms with Crippen LogP contribution in [0.2, 0.25) is 0 Å². The molecular weight excluding hydrogens is 349 g/mol. The number of rotatable bonds is 6. The Hall–Kier alpha value is -2.29. The number of hydrogen-bond donors (Lipinski definition) is 0. The molecule has 28 heavy (non-hydrogen) atoms. The van der Waals surface area contributed by atoms with E-state index in [0.717, 1.165) is 31.2 Å². The van der Waals surface area contributed by atoms with Gasteiger partial charge in [-0.1, -0.05) is 42.4 Å². The van der Waals surface area contributed by atoms with Crippen molar-refractivity contribution in [1.29, 1.82) is 0 Å². The summed E-state index contributed by atoms with van der Waals surface area (Å²) in [6, 6.07) is 6.58. The summed E-state index contributed by atoms with van der Waals surface area (Å²) in [5.41, 5.74) is 4.99. The number of Topliss-reactive ketones (excluding diaryl/α,β-unsaturated/α-hetero) is 1. The lowest BCUT2D eigenvalue weighted by atomic mass is 9.75. The lowest BCUT2D eigenvalue weighted by molar-refractivity contribution is -0.120. The molecule has 1 aliphatic heterocycles. The second-order valence-electron chi connectivity index (χ2n) is 8.33. The summed E-state index contributed by atoms with van der Waals surface area (Å²) in [6.07, 6.45) is 17.0. The van der Waals surface area contributed by atoms with Gasteiger partial charge in [-0.25, -0.2) is 4.39 Å². The second-order valence-corrected chi connectivity index (χ2v) is 8.33. The standard InChI is InChI=1S/C25H28FNO.3H2/c26-22-10-2-5-18(16-22)12-13-23(28)17-19-6-1-8-21(15-19)25-24-11-3-7-20(24)9-4-14-27-25;;;/h2-5,10-11,14,16,19,21H,1,6-9,12-13,15,17H2;3*1H. The fraction of sp³-hybridized carbons (Fsp3) is 0.440. The molecule has 1 aromatic rings. The average Bonchev–Trinajstić information content (AvgIpc) is 3.06. The zero-order chi connectivity index (χ0) is 19.3. The second kappa shape index (κ2) is 8.81. The molecule has 2 unspecified atom stereocenters. The van der Waals surface area contributed by atoms with E-state index >= 15 is 0 Å². The van der Waals surface area contributed by atoms with E-state index in [2.05, 4.69) is 18.2 Å². The van der Waals surface area contributed by atoms with Gasteiger partial charge in [0.2, 0.25) is 0 Å². The minimum absolute atomic E-state index is 0. The van der Waals surface area contributed by atoms with E-state index < -0.39 is 0 Å². The van der Waals surface area contributed by atoms with Crippen LogP contribution in [0.3, 0.4) is 0 Å². The van der Waals surface area contributed by atoms with Gasteiger partial charge in [0.05, 0.1) is 5.71 Å². The summed E-state index contributed by atoms with van der Waals surface area (Å²) in [5.74, 6) is 0.986. The van der Waals surface area contributed by atoms with Crippen LogP contribution >= 0.6 is 0 Å². The number of carbonyl (C=O) groups excluding carboxylic acids is 1. The third-order valence-electron chi connectivity index (χ3n) is 6.26. The molecule has 1 heterocycles. The van der Waals surface area contributed by atoms with Crippen molar-refractivity contribution in [3.05, 3.63) is 71.2 Å². The highest BCUT2D eigenvalue weighted by molar-refractivity contribution is 6.06. The average molecular weight is 384 g/mol. The molecule has 0 spiro atoms. The molecule has 1 aromatic carbocycles. The largest absolute Gasteiger partial charge is 0.300 e. The van der Waals surface area contributed by atoms with Crippen molar-refractivity contribution in [2.45, 2.75) is 57.8 Å². The highest BCUT2D eigenvalue weighted by Gasteiger charge is 2.29. The summed E-state index contributed by atoms with van der Waals surface area (Å²) in [4.78, 5) is 17.3. The fourth-order valence-electron chi connectivity index (χ4n) is 4.85. The minimum Gasteiger partial charge on any atom is -0.300 e. The van der Waals surface area contributed by atoms with Crippen molar-refractivity contribution in [1.82, 2.24) is 0 Å². The van der Waals surface area contributed by atoms with Crippen LogP contribution in [-0.4, -0.2) is 11.5 Å². The smallest absolute Gasteiger partial charge is 0.133 e. The van der Waals surface area contributed by atoms with Crippen LogP contribution in [0.25, 0.3) is 0 Å². The van der Waals surface area contributed by atoms with Crippen LogP contribution < -0.4 is 0 Å². The van der Waals surface area contributed by atoms with Gasteiger partial charge >= 0.3 is 0 Å². The number of aliphatic imine (C=N–C) groups is 1. The normalized spacial score (nSPS) is 24.1. The molecule has 1 saturated carbocycles. The number of allylic oxidation sites excluding steroid dienone is 5. The fourth-order valence-corrected chi connectivity index (χ4v) is 4.85. The van der Waals surface area contributed by atoms with E-state index in [4.69, 9.17) is 4.99 Å². The quantitative estimate of drug-likeness (QED) is 0.526. The Bertz CT molecular complexity index is 875. The van der Waals surface area contributed by atoms with Gasteiger partial charge in [-0.2, -0.15) is 0 Å². The van der Waals surface area contributed by atoms with Gasteiger partial charge < -0.3 is 0 Å². The molecule has 4 rings (SSSR count). The van der Waals surface area contributed by atoms with Crippen LogP contribution in [0.1, 0.15) is 61.2 Å². The summed E-state index contributed by atoms with van der Waals surface area (Å²) in [7, 11) is 0. The SMILES string of the molecule is O=C(CCc1cccc(F)c1)CC1CCCC(C2=NC=CCC3=C2C=CC3)C1.[HH].[HH].[HH]. The van der Waals surface area contributed by atoms with Crippen molar-refractivity contribution in [3.63, 3.8) is 0 Å². The first-order valence-electron chi connectivity index (χ1n) is 10.6. The molecule has 3 heteroatoms. The third kappa shape index (κ3) is 4.57. The Balaban J connectivity index is 0.00000160. The molecule has 0 aromatic heterocycles. The van der Waals surface area contributed by atoms with E-state index in [9.17, 15) is 9.18 Å². The predicted octanol–water partition coefficient (Wildman–Crippen LogP) is 6.88. The van der Waals surface area contributed by atoms with Crippen LogP contribution in [-0.2, 0) is 11.2 Å². The lowest BCUT2D eigenvalue weighted by Gasteiger charge is -2.30. The van der Waals surface area contributed by atoms with Crippen LogP contribution in [0.4, 0.5) is 4.39 Å². The van der Waals surface area contributed by atoms with Gasteiger partial charge in [-0.05, 0) is 67.7 Å². The third-order valence-corrected chi connectivity index (χ3v) is 6.26. The van der Waals surface area contributed by atoms with E-state index in [0.29, 0.717) is 36.9 Å². The van der Waals surface area contributed by atoms with Gasteiger partial charge in [0.15, 0.2) is 0 Å². The topological polar surface area (TPSA) is 29.4 Å². The van der Waals surface area contributed by atoms with Crippen molar-refractivity contribution in [3.8, 4) is 0 Å². The highest BCUT2D eigenvalue weighted by atomic mass is 19.1. The van der Waals surface area contributed by atoms with Gasteiger partial charge in [0.25, 0.3) is 0 Å². The van der Waals surface area contributed by atoms with E-state index in [1.807, 2.05) is 12.3 Å². The molecule has 0 bridgehead atoms. The number of halogens is 1. The van der Waals surface area contributed by atoms with Gasteiger partial charge in [-0.15, -0.1) is 0 Å².